The Morgan fingerprint density at radius 3 is 2.67 bits per heavy atom. The molecule has 0 spiro atoms. The fraction of sp³-hybridized carbons (Fsp3) is 0.0667. The number of benzene rings is 2. The molecule has 2 aromatic carbocycles. The van der Waals surface area contributed by atoms with Gasteiger partial charge in [0, 0.05) is 17.0 Å². The molecule has 2 N–H and O–H groups in total. The molecule has 0 saturated carbocycles. The van der Waals surface area contributed by atoms with Crippen LogP contribution >= 0.6 is 0 Å². The predicted molar refractivity (Wildman–Crippen MR) is 71.2 cm³/mol. The molecule has 1 heterocycles. The van der Waals surface area contributed by atoms with Gasteiger partial charge >= 0.3 is 0 Å². The van der Waals surface area contributed by atoms with Crippen molar-refractivity contribution in [1.82, 2.24) is 4.98 Å². The van der Waals surface area contributed by atoms with Crippen LogP contribution in [0.1, 0.15) is 5.56 Å². The third-order valence-corrected chi connectivity index (χ3v) is 2.90. The summed E-state index contributed by atoms with van der Waals surface area (Å²) in [6.07, 6.45) is 0. The number of para-hydroxylation sites is 1. The predicted octanol–water partition coefficient (Wildman–Crippen LogP) is 3.97. The van der Waals surface area contributed by atoms with Crippen LogP contribution in [0.15, 0.2) is 48.5 Å². The van der Waals surface area contributed by atoms with Crippen molar-refractivity contribution in [3.63, 3.8) is 0 Å². The number of aryl methyl sites for hydroxylation is 1. The summed E-state index contributed by atoms with van der Waals surface area (Å²) in [4.78, 5) is 3.19. The number of hydrogen-bond acceptors (Lipinski definition) is 2. The van der Waals surface area contributed by atoms with E-state index >= 15 is 0 Å². The first-order valence-electron chi connectivity index (χ1n) is 5.77. The SMILES string of the molecule is Cc1cc(Oc2cc3ccccc3[nH]2)ccc1O. The average Bonchev–Trinajstić information content (AvgIpc) is 2.76. The number of aromatic amines is 1. The number of aromatic hydroxyl groups is 1. The van der Waals surface area contributed by atoms with Crippen LogP contribution in [0.4, 0.5) is 0 Å². The number of phenolic OH excluding ortho intramolecular Hbond substituents is 1. The lowest BCUT2D eigenvalue weighted by atomic mass is 10.2. The summed E-state index contributed by atoms with van der Waals surface area (Å²) in [5.41, 5.74) is 1.84. The van der Waals surface area contributed by atoms with Gasteiger partial charge < -0.3 is 14.8 Å². The maximum atomic E-state index is 9.46. The Hall–Kier alpha value is -2.42. The Balaban J connectivity index is 1.93. The summed E-state index contributed by atoms with van der Waals surface area (Å²) in [5.74, 6) is 1.68. The molecule has 0 atom stereocenters. The van der Waals surface area contributed by atoms with Crippen molar-refractivity contribution in [3.05, 3.63) is 54.1 Å². The molecule has 0 fully saturated rings. The van der Waals surface area contributed by atoms with Gasteiger partial charge in [0.25, 0.3) is 0 Å². The van der Waals surface area contributed by atoms with Crippen LogP contribution in [0.25, 0.3) is 10.9 Å². The molecule has 3 aromatic rings. The van der Waals surface area contributed by atoms with Gasteiger partial charge in [-0.15, -0.1) is 0 Å². The standard InChI is InChI=1S/C15H13NO2/c1-10-8-12(6-7-14(10)17)18-15-9-11-4-2-3-5-13(11)16-15/h2-9,16-17H,1H3. The Morgan fingerprint density at radius 2 is 1.89 bits per heavy atom. The molecular weight excluding hydrogens is 226 g/mol. The van der Waals surface area contributed by atoms with E-state index in [1.54, 1.807) is 18.2 Å². The van der Waals surface area contributed by atoms with Gasteiger partial charge in [-0.2, -0.15) is 0 Å². The van der Waals surface area contributed by atoms with Crippen LogP contribution in [0.3, 0.4) is 0 Å². The number of hydrogen-bond donors (Lipinski definition) is 2. The number of aromatic nitrogens is 1. The van der Waals surface area contributed by atoms with Gasteiger partial charge in [-0.25, -0.2) is 0 Å². The number of H-pyrrole nitrogens is 1. The normalized spacial score (nSPS) is 10.7. The zero-order valence-corrected chi connectivity index (χ0v) is 9.97. The van der Waals surface area contributed by atoms with E-state index < -0.39 is 0 Å². The highest BCUT2D eigenvalue weighted by Gasteiger charge is 2.04. The number of rotatable bonds is 2. The quantitative estimate of drug-likeness (QED) is 0.710. The minimum absolute atomic E-state index is 0.277. The minimum Gasteiger partial charge on any atom is -0.508 e. The fourth-order valence-corrected chi connectivity index (χ4v) is 1.92. The van der Waals surface area contributed by atoms with Gasteiger partial charge in [0.2, 0.25) is 0 Å². The maximum Gasteiger partial charge on any atom is 0.198 e. The van der Waals surface area contributed by atoms with Crippen molar-refractivity contribution < 1.29 is 9.84 Å². The monoisotopic (exact) mass is 239 g/mol. The summed E-state index contributed by atoms with van der Waals surface area (Å²) < 4.78 is 5.73. The summed E-state index contributed by atoms with van der Waals surface area (Å²) in [6.45, 7) is 1.84. The molecule has 0 amide bonds. The van der Waals surface area contributed by atoms with E-state index in [1.807, 2.05) is 37.3 Å². The molecule has 3 heteroatoms. The molecule has 3 rings (SSSR count). The molecule has 0 bridgehead atoms. The number of ether oxygens (including phenoxy) is 1. The van der Waals surface area contributed by atoms with Crippen LogP contribution in [-0.4, -0.2) is 10.1 Å². The molecule has 0 radical (unpaired) electrons. The van der Waals surface area contributed by atoms with Crippen molar-refractivity contribution in [2.24, 2.45) is 0 Å². The third kappa shape index (κ3) is 1.91. The van der Waals surface area contributed by atoms with E-state index in [1.165, 1.54) is 0 Å². The van der Waals surface area contributed by atoms with Crippen molar-refractivity contribution in [1.29, 1.82) is 0 Å². The van der Waals surface area contributed by atoms with E-state index in [4.69, 9.17) is 4.74 Å². The molecule has 3 nitrogen and oxygen atoms in total. The van der Waals surface area contributed by atoms with Gasteiger partial charge in [0.15, 0.2) is 5.88 Å². The molecule has 0 aliphatic heterocycles. The molecule has 0 saturated heterocycles. The molecule has 0 aliphatic rings. The minimum atomic E-state index is 0.277. The number of fused-ring (bicyclic) bond motifs is 1. The Morgan fingerprint density at radius 1 is 1.06 bits per heavy atom. The van der Waals surface area contributed by atoms with E-state index in [-0.39, 0.29) is 5.75 Å². The van der Waals surface area contributed by atoms with E-state index in [9.17, 15) is 5.11 Å². The highest BCUT2D eigenvalue weighted by atomic mass is 16.5. The topological polar surface area (TPSA) is 45.2 Å². The smallest absolute Gasteiger partial charge is 0.198 e. The molecule has 1 aromatic heterocycles. The average molecular weight is 239 g/mol. The Bertz CT molecular complexity index is 668. The first-order valence-corrected chi connectivity index (χ1v) is 5.77. The molecule has 18 heavy (non-hydrogen) atoms. The summed E-state index contributed by atoms with van der Waals surface area (Å²) >= 11 is 0. The van der Waals surface area contributed by atoms with Crippen molar-refractivity contribution in [2.75, 3.05) is 0 Å². The highest BCUT2D eigenvalue weighted by Crippen LogP contribution is 2.28. The third-order valence-electron chi connectivity index (χ3n) is 2.90. The van der Waals surface area contributed by atoms with Crippen molar-refractivity contribution in [3.8, 4) is 17.4 Å². The molecule has 90 valence electrons. The second-order valence-electron chi connectivity index (χ2n) is 4.27. The first kappa shape index (κ1) is 10.7. The lowest BCUT2D eigenvalue weighted by Gasteiger charge is -2.04. The van der Waals surface area contributed by atoms with E-state index in [2.05, 4.69) is 4.98 Å². The fourth-order valence-electron chi connectivity index (χ4n) is 1.92. The summed E-state index contributed by atoms with van der Waals surface area (Å²) in [7, 11) is 0. The molecule has 0 aliphatic carbocycles. The van der Waals surface area contributed by atoms with Crippen LogP contribution in [0.2, 0.25) is 0 Å². The Labute approximate surface area is 105 Å². The van der Waals surface area contributed by atoms with E-state index in [0.29, 0.717) is 11.6 Å². The van der Waals surface area contributed by atoms with Crippen LogP contribution < -0.4 is 4.74 Å². The zero-order chi connectivity index (χ0) is 12.5. The molecule has 0 unspecified atom stereocenters. The maximum absolute atomic E-state index is 9.46. The lowest BCUT2D eigenvalue weighted by Crippen LogP contribution is -1.84. The molecular formula is C15H13NO2. The van der Waals surface area contributed by atoms with E-state index in [0.717, 1.165) is 16.5 Å². The van der Waals surface area contributed by atoms with Gasteiger partial charge in [0.05, 0.1) is 0 Å². The highest BCUT2D eigenvalue weighted by molar-refractivity contribution is 5.81. The zero-order valence-electron chi connectivity index (χ0n) is 9.97. The summed E-state index contributed by atoms with van der Waals surface area (Å²) in [6, 6.07) is 15.1. The van der Waals surface area contributed by atoms with Crippen molar-refractivity contribution >= 4 is 10.9 Å². The lowest BCUT2D eigenvalue weighted by molar-refractivity contribution is 0.454. The Kier molecular flexibility index (Phi) is 2.45. The number of nitrogens with one attached hydrogen (secondary N) is 1. The largest absolute Gasteiger partial charge is 0.508 e. The van der Waals surface area contributed by atoms with Crippen LogP contribution in [0.5, 0.6) is 17.4 Å². The first-order chi connectivity index (χ1) is 8.72. The van der Waals surface area contributed by atoms with Gasteiger partial charge in [0.1, 0.15) is 11.5 Å². The second kappa shape index (κ2) is 4.11. The van der Waals surface area contributed by atoms with Gasteiger partial charge in [-0.05, 0) is 36.8 Å². The van der Waals surface area contributed by atoms with Gasteiger partial charge in [-0.1, -0.05) is 18.2 Å². The summed E-state index contributed by atoms with van der Waals surface area (Å²) in [5, 5.41) is 10.6. The van der Waals surface area contributed by atoms with Gasteiger partial charge in [-0.3, -0.25) is 0 Å². The van der Waals surface area contributed by atoms with Crippen molar-refractivity contribution in [2.45, 2.75) is 6.92 Å². The second-order valence-corrected chi connectivity index (χ2v) is 4.27. The number of phenols is 1. The van der Waals surface area contributed by atoms with Crippen LogP contribution in [0, 0.1) is 6.92 Å². The van der Waals surface area contributed by atoms with Crippen LogP contribution in [-0.2, 0) is 0 Å².